The Labute approximate surface area is 113 Å². The van der Waals surface area contributed by atoms with Crippen molar-refractivity contribution in [2.24, 2.45) is 0 Å². The minimum absolute atomic E-state index is 0.381. The summed E-state index contributed by atoms with van der Waals surface area (Å²) in [6.45, 7) is -0.381. The predicted octanol–water partition coefficient (Wildman–Crippen LogP) is -1.27. The number of fused-ring (bicyclic) bond motifs is 1. The van der Waals surface area contributed by atoms with Crippen molar-refractivity contribution >= 4 is 23.8 Å². The SMILES string of the molecule is OC[C@H]1O[C@@H](n2cnc3c(S)ncnc32)[C@@H](O)[C@@H]1O. The topological polar surface area (TPSA) is 114 Å². The molecule has 4 atom stereocenters. The van der Waals surface area contributed by atoms with E-state index in [4.69, 9.17) is 9.84 Å². The quantitative estimate of drug-likeness (QED) is 0.401. The van der Waals surface area contributed by atoms with Crippen molar-refractivity contribution in [3.05, 3.63) is 12.7 Å². The van der Waals surface area contributed by atoms with Gasteiger partial charge in [-0.2, -0.15) is 0 Å². The summed E-state index contributed by atoms with van der Waals surface area (Å²) in [7, 11) is 0. The van der Waals surface area contributed by atoms with E-state index in [1.165, 1.54) is 17.2 Å². The number of ether oxygens (including phenoxy) is 1. The molecule has 3 N–H and O–H groups in total. The predicted molar refractivity (Wildman–Crippen MR) is 65.6 cm³/mol. The molecule has 2 aromatic rings. The highest BCUT2D eigenvalue weighted by Crippen LogP contribution is 2.31. The molecule has 0 aliphatic carbocycles. The maximum atomic E-state index is 9.96. The van der Waals surface area contributed by atoms with Gasteiger partial charge in [0.15, 0.2) is 11.9 Å². The summed E-state index contributed by atoms with van der Waals surface area (Å²) in [4.78, 5) is 12.1. The molecule has 2 aromatic heterocycles. The van der Waals surface area contributed by atoms with Gasteiger partial charge in [0, 0.05) is 0 Å². The second kappa shape index (κ2) is 4.69. The van der Waals surface area contributed by atoms with Gasteiger partial charge in [-0.25, -0.2) is 15.0 Å². The van der Waals surface area contributed by atoms with Crippen LogP contribution in [0.1, 0.15) is 6.23 Å². The smallest absolute Gasteiger partial charge is 0.166 e. The molecule has 19 heavy (non-hydrogen) atoms. The average Bonchev–Trinajstić information content (AvgIpc) is 2.94. The standard InChI is InChI=1S/C10H12N4O4S/c15-1-4-6(16)7(17)10(18-4)14-3-13-5-8(14)11-2-12-9(5)19/h2-4,6-7,10,15-17H,1H2,(H,11,12,19)/t4-,6-,7+,10-/m1/s1. The molecule has 1 aliphatic heterocycles. The number of thiol groups is 1. The summed E-state index contributed by atoms with van der Waals surface area (Å²) >= 11 is 4.16. The number of aromatic nitrogens is 4. The van der Waals surface area contributed by atoms with Gasteiger partial charge in [0.05, 0.1) is 12.9 Å². The van der Waals surface area contributed by atoms with Gasteiger partial charge in [0.2, 0.25) is 0 Å². The Kier molecular flexibility index (Phi) is 3.15. The third kappa shape index (κ3) is 1.90. The Morgan fingerprint density at radius 2 is 2.05 bits per heavy atom. The number of aliphatic hydroxyl groups excluding tert-OH is 3. The number of nitrogens with zero attached hydrogens (tertiary/aromatic N) is 4. The number of imidazole rings is 1. The fourth-order valence-electron chi connectivity index (χ4n) is 2.14. The number of hydrogen-bond acceptors (Lipinski definition) is 8. The molecule has 0 saturated carbocycles. The van der Waals surface area contributed by atoms with Crippen molar-refractivity contribution in [3.8, 4) is 0 Å². The largest absolute Gasteiger partial charge is 0.394 e. The zero-order chi connectivity index (χ0) is 13.6. The van der Waals surface area contributed by atoms with E-state index in [0.717, 1.165) is 0 Å². The first-order valence-electron chi connectivity index (χ1n) is 5.62. The molecule has 102 valence electrons. The molecule has 1 fully saturated rings. The van der Waals surface area contributed by atoms with Gasteiger partial charge in [-0.3, -0.25) is 4.57 Å². The van der Waals surface area contributed by atoms with Crippen LogP contribution in [0.25, 0.3) is 11.2 Å². The molecule has 0 unspecified atom stereocenters. The van der Waals surface area contributed by atoms with Crippen LogP contribution in [0, 0.1) is 0 Å². The Morgan fingerprint density at radius 1 is 1.26 bits per heavy atom. The lowest BCUT2D eigenvalue weighted by Gasteiger charge is -2.16. The van der Waals surface area contributed by atoms with Crippen LogP contribution in [0.4, 0.5) is 0 Å². The summed E-state index contributed by atoms with van der Waals surface area (Å²) in [5, 5.41) is 29.2. The fraction of sp³-hybridized carbons (Fsp3) is 0.500. The second-order valence-corrected chi connectivity index (χ2v) is 4.67. The van der Waals surface area contributed by atoms with E-state index in [1.54, 1.807) is 0 Å². The molecule has 1 saturated heterocycles. The first-order chi connectivity index (χ1) is 9.13. The molecular weight excluding hydrogens is 272 g/mol. The monoisotopic (exact) mass is 284 g/mol. The van der Waals surface area contributed by atoms with Crippen molar-refractivity contribution in [1.29, 1.82) is 0 Å². The van der Waals surface area contributed by atoms with E-state index >= 15 is 0 Å². The van der Waals surface area contributed by atoms with E-state index in [9.17, 15) is 10.2 Å². The Bertz CT molecular complexity index is 606. The molecule has 0 bridgehead atoms. The van der Waals surface area contributed by atoms with Crippen LogP contribution in [0.2, 0.25) is 0 Å². The van der Waals surface area contributed by atoms with Crippen LogP contribution in [-0.2, 0) is 4.74 Å². The lowest BCUT2D eigenvalue weighted by Crippen LogP contribution is -2.33. The highest BCUT2D eigenvalue weighted by atomic mass is 32.1. The van der Waals surface area contributed by atoms with Crippen molar-refractivity contribution in [2.45, 2.75) is 29.6 Å². The van der Waals surface area contributed by atoms with Gasteiger partial charge < -0.3 is 20.1 Å². The maximum Gasteiger partial charge on any atom is 0.166 e. The van der Waals surface area contributed by atoms with Crippen molar-refractivity contribution in [3.63, 3.8) is 0 Å². The fourth-order valence-corrected chi connectivity index (χ4v) is 2.35. The van der Waals surface area contributed by atoms with Crippen LogP contribution in [0.15, 0.2) is 17.7 Å². The van der Waals surface area contributed by atoms with Crippen molar-refractivity contribution in [2.75, 3.05) is 6.61 Å². The lowest BCUT2D eigenvalue weighted by atomic mass is 10.1. The van der Waals surface area contributed by atoms with Gasteiger partial charge in [-0.15, -0.1) is 12.6 Å². The van der Waals surface area contributed by atoms with Gasteiger partial charge in [0.1, 0.15) is 35.2 Å². The zero-order valence-electron chi connectivity index (χ0n) is 9.66. The van der Waals surface area contributed by atoms with Crippen molar-refractivity contribution in [1.82, 2.24) is 19.5 Å². The van der Waals surface area contributed by atoms with E-state index < -0.39 is 24.5 Å². The van der Waals surface area contributed by atoms with Crippen LogP contribution in [-0.4, -0.2) is 59.8 Å². The molecule has 0 spiro atoms. The molecule has 9 heteroatoms. The molecule has 3 rings (SSSR count). The Morgan fingerprint density at radius 3 is 2.74 bits per heavy atom. The minimum atomic E-state index is -1.17. The van der Waals surface area contributed by atoms with Crippen LogP contribution in [0.5, 0.6) is 0 Å². The summed E-state index contributed by atoms with van der Waals surface area (Å²) in [6, 6.07) is 0. The molecular formula is C10H12N4O4S. The van der Waals surface area contributed by atoms with Crippen LogP contribution < -0.4 is 0 Å². The second-order valence-electron chi connectivity index (χ2n) is 4.25. The first kappa shape index (κ1) is 12.8. The minimum Gasteiger partial charge on any atom is -0.394 e. The average molecular weight is 284 g/mol. The molecule has 0 aromatic carbocycles. The van der Waals surface area contributed by atoms with E-state index in [-0.39, 0.29) is 6.61 Å². The molecule has 3 heterocycles. The maximum absolute atomic E-state index is 9.96. The molecule has 1 aliphatic rings. The van der Waals surface area contributed by atoms with Crippen molar-refractivity contribution < 1.29 is 20.1 Å². The third-order valence-electron chi connectivity index (χ3n) is 3.13. The Hall–Kier alpha value is -1.26. The van der Waals surface area contributed by atoms with Gasteiger partial charge >= 0.3 is 0 Å². The van der Waals surface area contributed by atoms with Crippen LogP contribution >= 0.6 is 12.6 Å². The molecule has 0 amide bonds. The highest BCUT2D eigenvalue weighted by Gasteiger charge is 2.43. The summed E-state index contributed by atoms with van der Waals surface area (Å²) in [5.74, 6) is 0. The Balaban J connectivity index is 2.04. The van der Waals surface area contributed by atoms with E-state index in [1.807, 2.05) is 0 Å². The van der Waals surface area contributed by atoms with E-state index in [2.05, 4.69) is 27.6 Å². The normalized spacial score (nSPS) is 31.2. The molecule has 0 radical (unpaired) electrons. The summed E-state index contributed by atoms with van der Waals surface area (Å²) in [5.41, 5.74) is 0.915. The summed E-state index contributed by atoms with van der Waals surface area (Å²) < 4.78 is 6.90. The number of aliphatic hydroxyl groups is 3. The highest BCUT2D eigenvalue weighted by molar-refractivity contribution is 7.80. The number of rotatable bonds is 2. The van der Waals surface area contributed by atoms with Gasteiger partial charge in [-0.05, 0) is 0 Å². The third-order valence-corrected chi connectivity index (χ3v) is 3.46. The number of hydrogen-bond donors (Lipinski definition) is 4. The van der Waals surface area contributed by atoms with Gasteiger partial charge in [-0.1, -0.05) is 0 Å². The van der Waals surface area contributed by atoms with Gasteiger partial charge in [0.25, 0.3) is 0 Å². The van der Waals surface area contributed by atoms with Crippen LogP contribution in [0.3, 0.4) is 0 Å². The summed E-state index contributed by atoms with van der Waals surface area (Å²) in [6.07, 6.45) is -1.28. The first-order valence-corrected chi connectivity index (χ1v) is 6.07. The van der Waals surface area contributed by atoms with E-state index in [0.29, 0.717) is 16.2 Å². The molecule has 8 nitrogen and oxygen atoms in total. The lowest BCUT2D eigenvalue weighted by molar-refractivity contribution is -0.0511. The zero-order valence-corrected chi connectivity index (χ0v) is 10.6.